The first-order valence-electron chi connectivity index (χ1n) is 9.88. The van der Waals surface area contributed by atoms with E-state index in [1.807, 2.05) is 13.8 Å². The fourth-order valence-electron chi connectivity index (χ4n) is 3.65. The van der Waals surface area contributed by atoms with Crippen LogP contribution in [-0.2, 0) is 9.53 Å². The van der Waals surface area contributed by atoms with Gasteiger partial charge in [0.15, 0.2) is 0 Å². The molecule has 0 radical (unpaired) electrons. The van der Waals surface area contributed by atoms with Crippen molar-refractivity contribution in [3.63, 3.8) is 0 Å². The summed E-state index contributed by atoms with van der Waals surface area (Å²) >= 11 is 0. The van der Waals surface area contributed by atoms with Crippen molar-refractivity contribution in [1.82, 2.24) is 4.90 Å². The Kier molecular flexibility index (Phi) is 6.83. The third-order valence-electron chi connectivity index (χ3n) is 4.94. The van der Waals surface area contributed by atoms with Crippen LogP contribution in [0.5, 0.6) is 0 Å². The summed E-state index contributed by atoms with van der Waals surface area (Å²) in [6.07, 6.45) is 2.52. The molecule has 2 aromatic rings. The highest BCUT2D eigenvalue weighted by Gasteiger charge is 2.19. The summed E-state index contributed by atoms with van der Waals surface area (Å²) in [5, 5.41) is 0. The fourth-order valence-corrected chi connectivity index (χ4v) is 3.65. The van der Waals surface area contributed by atoms with Crippen molar-refractivity contribution in [3.05, 3.63) is 77.4 Å². The van der Waals surface area contributed by atoms with Crippen molar-refractivity contribution < 1.29 is 9.53 Å². The van der Waals surface area contributed by atoms with Crippen molar-refractivity contribution in [2.45, 2.75) is 39.2 Å². The van der Waals surface area contributed by atoms with Gasteiger partial charge in [0, 0.05) is 19.6 Å². The summed E-state index contributed by atoms with van der Waals surface area (Å²) in [6, 6.07) is 21.3. The molecule has 0 aromatic heterocycles. The smallest absolute Gasteiger partial charge is 0.307 e. The van der Waals surface area contributed by atoms with E-state index in [4.69, 9.17) is 4.74 Å². The van der Waals surface area contributed by atoms with Crippen molar-refractivity contribution in [1.29, 1.82) is 0 Å². The maximum Gasteiger partial charge on any atom is 0.307 e. The van der Waals surface area contributed by atoms with Crippen LogP contribution in [0, 0.1) is 0 Å². The predicted molar refractivity (Wildman–Crippen MR) is 110 cm³/mol. The van der Waals surface area contributed by atoms with Gasteiger partial charge in [-0.3, -0.25) is 4.79 Å². The van der Waals surface area contributed by atoms with E-state index in [1.165, 1.54) is 22.3 Å². The Morgan fingerprint density at radius 2 is 1.44 bits per heavy atom. The standard InChI is InChI=1S/C24H29NO2/c1-19(2)27-23(26)15-18-25-16-13-22(14-17-25)24(20-9-5-3-6-10-20)21-11-7-4-8-12-21/h3-12,19H,13-18H2,1-2H3. The molecule has 0 atom stereocenters. The van der Waals surface area contributed by atoms with Crippen LogP contribution in [0.1, 0.15) is 44.2 Å². The lowest BCUT2D eigenvalue weighted by molar-refractivity contribution is -0.147. The Hall–Kier alpha value is -2.39. The number of carbonyl (C=O) groups is 1. The van der Waals surface area contributed by atoms with Crippen molar-refractivity contribution >= 4 is 11.5 Å². The van der Waals surface area contributed by atoms with E-state index in [9.17, 15) is 4.79 Å². The quantitative estimate of drug-likeness (QED) is 0.682. The molecule has 27 heavy (non-hydrogen) atoms. The average Bonchev–Trinajstić information content (AvgIpc) is 2.69. The second-order valence-electron chi connectivity index (χ2n) is 7.34. The molecule has 0 N–H and O–H groups in total. The lowest BCUT2D eigenvalue weighted by atomic mass is 9.88. The molecular formula is C24H29NO2. The number of piperidine rings is 1. The fraction of sp³-hybridized carbons (Fsp3) is 0.375. The van der Waals surface area contributed by atoms with Crippen LogP contribution in [0.2, 0.25) is 0 Å². The topological polar surface area (TPSA) is 29.5 Å². The molecule has 2 aromatic carbocycles. The van der Waals surface area contributed by atoms with Gasteiger partial charge >= 0.3 is 5.97 Å². The Morgan fingerprint density at radius 1 is 0.926 bits per heavy atom. The largest absolute Gasteiger partial charge is 0.463 e. The third-order valence-corrected chi connectivity index (χ3v) is 4.94. The normalized spacial score (nSPS) is 15.0. The van der Waals surface area contributed by atoms with E-state index in [0.717, 1.165) is 32.5 Å². The second-order valence-corrected chi connectivity index (χ2v) is 7.34. The summed E-state index contributed by atoms with van der Waals surface area (Å²) < 4.78 is 5.24. The zero-order valence-corrected chi connectivity index (χ0v) is 16.4. The van der Waals surface area contributed by atoms with Crippen LogP contribution >= 0.6 is 0 Å². The van der Waals surface area contributed by atoms with Gasteiger partial charge < -0.3 is 9.64 Å². The number of carbonyl (C=O) groups excluding carboxylic acids is 1. The average molecular weight is 364 g/mol. The maximum absolute atomic E-state index is 11.8. The molecule has 0 unspecified atom stereocenters. The van der Waals surface area contributed by atoms with Crippen LogP contribution in [0.4, 0.5) is 0 Å². The minimum Gasteiger partial charge on any atom is -0.463 e. The zero-order chi connectivity index (χ0) is 19.1. The van der Waals surface area contributed by atoms with Crippen LogP contribution in [-0.4, -0.2) is 36.6 Å². The third kappa shape index (κ3) is 5.54. The Balaban J connectivity index is 1.70. The van der Waals surface area contributed by atoms with Crippen molar-refractivity contribution in [3.8, 4) is 0 Å². The molecule has 0 spiro atoms. The summed E-state index contributed by atoms with van der Waals surface area (Å²) in [4.78, 5) is 14.2. The van der Waals surface area contributed by atoms with Gasteiger partial charge in [0.2, 0.25) is 0 Å². The molecular weight excluding hydrogens is 334 g/mol. The van der Waals surface area contributed by atoms with Gasteiger partial charge in [-0.1, -0.05) is 66.2 Å². The number of hydrogen-bond acceptors (Lipinski definition) is 3. The van der Waals surface area contributed by atoms with Gasteiger partial charge in [-0.15, -0.1) is 0 Å². The Labute approximate surface area is 162 Å². The zero-order valence-electron chi connectivity index (χ0n) is 16.4. The highest BCUT2D eigenvalue weighted by molar-refractivity contribution is 5.82. The van der Waals surface area contributed by atoms with E-state index in [1.54, 1.807) is 0 Å². The summed E-state index contributed by atoms with van der Waals surface area (Å²) in [6.45, 7) is 6.56. The second kappa shape index (κ2) is 9.52. The minimum absolute atomic E-state index is 0.0345. The number of nitrogens with zero attached hydrogens (tertiary/aromatic N) is 1. The first-order chi connectivity index (χ1) is 13.1. The van der Waals surface area contributed by atoms with Gasteiger partial charge in [0.05, 0.1) is 12.5 Å². The molecule has 1 fully saturated rings. The molecule has 0 bridgehead atoms. The summed E-state index contributed by atoms with van der Waals surface area (Å²) in [5.74, 6) is -0.0967. The van der Waals surface area contributed by atoms with Gasteiger partial charge in [0.25, 0.3) is 0 Å². The monoisotopic (exact) mass is 363 g/mol. The van der Waals surface area contributed by atoms with Gasteiger partial charge in [0.1, 0.15) is 0 Å². The summed E-state index contributed by atoms with van der Waals surface area (Å²) in [5.41, 5.74) is 5.45. The number of likely N-dealkylation sites (tertiary alicyclic amines) is 1. The van der Waals surface area contributed by atoms with E-state index in [-0.39, 0.29) is 12.1 Å². The number of esters is 1. The lowest BCUT2D eigenvalue weighted by Crippen LogP contribution is -2.33. The van der Waals surface area contributed by atoms with Crippen LogP contribution in [0.25, 0.3) is 5.57 Å². The molecule has 1 heterocycles. The van der Waals surface area contributed by atoms with Gasteiger partial charge in [-0.25, -0.2) is 0 Å². The van der Waals surface area contributed by atoms with Crippen molar-refractivity contribution in [2.75, 3.05) is 19.6 Å². The molecule has 3 nitrogen and oxygen atoms in total. The SMILES string of the molecule is CC(C)OC(=O)CCN1CCC(=C(c2ccccc2)c2ccccc2)CC1. The van der Waals surface area contributed by atoms with Crippen LogP contribution < -0.4 is 0 Å². The minimum atomic E-state index is -0.0967. The molecule has 0 saturated carbocycles. The summed E-state index contributed by atoms with van der Waals surface area (Å²) in [7, 11) is 0. The Morgan fingerprint density at radius 3 is 1.93 bits per heavy atom. The number of ether oxygens (including phenoxy) is 1. The molecule has 0 aliphatic carbocycles. The van der Waals surface area contributed by atoms with Crippen molar-refractivity contribution in [2.24, 2.45) is 0 Å². The van der Waals surface area contributed by atoms with Crippen LogP contribution in [0.3, 0.4) is 0 Å². The number of benzene rings is 2. The molecule has 1 aliphatic heterocycles. The van der Waals surface area contributed by atoms with Gasteiger partial charge in [-0.05, 0) is 43.4 Å². The highest BCUT2D eigenvalue weighted by Crippen LogP contribution is 2.32. The van der Waals surface area contributed by atoms with E-state index < -0.39 is 0 Å². The molecule has 1 saturated heterocycles. The Bertz CT molecular complexity index is 714. The van der Waals surface area contributed by atoms with E-state index in [0.29, 0.717) is 6.42 Å². The van der Waals surface area contributed by atoms with E-state index >= 15 is 0 Å². The molecule has 3 heteroatoms. The molecule has 0 amide bonds. The molecule has 142 valence electrons. The first kappa shape index (κ1) is 19.4. The highest BCUT2D eigenvalue weighted by atomic mass is 16.5. The molecule has 1 aliphatic rings. The first-order valence-corrected chi connectivity index (χ1v) is 9.88. The maximum atomic E-state index is 11.8. The molecule has 3 rings (SSSR count). The predicted octanol–water partition coefficient (Wildman–Crippen LogP) is 4.93. The van der Waals surface area contributed by atoms with Crippen LogP contribution in [0.15, 0.2) is 66.2 Å². The lowest BCUT2D eigenvalue weighted by Gasteiger charge is -2.30. The van der Waals surface area contributed by atoms with Gasteiger partial charge in [-0.2, -0.15) is 0 Å². The number of rotatable bonds is 6. The number of hydrogen-bond donors (Lipinski definition) is 0. The van der Waals surface area contributed by atoms with E-state index in [2.05, 4.69) is 65.6 Å².